The van der Waals surface area contributed by atoms with Crippen LogP contribution in [0.2, 0.25) is 0 Å². The summed E-state index contributed by atoms with van der Waals surface area (Å²) in [5.74, 6) is 0. The van der Waals surface area contributed by atoms with Gasteiger partial charge in [0.05, 0.1) is 0 Å². The lowest BCUT2D eigenvalue weighted by molar-refractivity contribution is 0.269. The summed E-state index contributed by atoms with van der Waals surface area (Å²) in [6.07, 6.45) is 5.08. The zero-order chi connectivity index (χ0) is 10.9. The summed E-state index contributed by atoms with van der Waals surface area (Å²) in [6.45, 7) is 2.25. The number of benzene rings is 1. The Morgan fingerprint density at radius 1 is 1.47 bits per heavy atom. The topological polar surface area (TPSA) is 38.0 Å². The first-order valence-corrected chi connectivity index (χ1v) is 6.28. The van der Waals surface area contributed by atoms with Crippen LogP contribution in [-0.4, -0.2) is 5.54 Å². The van der Waals surface area contributed by atoms with E-state index in [1.165, 1.54) is 25.7 Å². The molecule has 1 aliphatic rings. The molecule has 0 atom stereocenters. The van der Waals surface area contributed by atoms with Crippen molar-refractivity contribution in [1.82, 2.24) is 0 Å². The van der Waals surface area contributed by atoms with Crippen molar-refractivity contribution < 1.29 is 0 Å². The Balaban J connectivity index is 2.16. The van der Waals surface area contributed by atoms with Crippen LogP contribution >= 0.6 is 15.9 Å². The summed E-state index contributed by atoms with van der Waals surface area (Å²) < 4.78 is 1.06. The van der Waals surface area contributed by atoms with Crippen molar-refractivity contribution in [3.8, 4) is 0 Å². The fraction of sp³-hybridized carbons (Fsp3) is 0.500. The van der Waals surface area contributed by atoms with Gasteiger partial charge in [0.1, 0.15) is 0 Å². The first kappa shape index (κ1) is 10.8. The van der Waals surface area contributed by atoms with Crippen molar-refractivity contribution in [3.05, 3.63) is 22.7 Å². The van der Waals surface area contributed by atoms with E-state index < -0.39 is 0 Å². The predicted octanol–water partition coefficient (Wildman–Crippen LogP) is 3.78. The molecule has 1 fully saturated rings. The predicted molar refractivity (Wildman–Crippen MR) is 69.1 cm³/mol. The summed E-state index contributed by atoms with van der Waals surface area (Å²) in [5, 5.41) is 3.63. The molecule has 3 heteroatoms. The van der Waals surface area contributed by atoms with Gasteiger partial charge >= 0.3 is 0 Å². The second-order valence-electron chi connectivity index (χ2n) is 4.35. The second kappa shape index (κ2) is 4.05. The van der Waals surface area contributed by atoms with Crippen LogP contribution in [0, 0.1) is 0 Å². The van der Waals surface area contributed by atoms with Crippen LogP contribution in [0.4, 0.5) is 11.4 Å². The monoisotopic (exact) mass is 268 g/mol. The normalized spacial score (nSPS) is 18.3. The van der Waals surface area contributed by atoms with Gasteiger partial charge in [-0.1, -0.05) is 6.92 Å². The number of hydrogen-bond donors (Lipinski definition) is 2. The summed E-state index contributed by atoms with van der Waals surface area (Å²) in [4.78, 5) is 0. The lowest BCUT2D eigenvalue weighted by atomic mass is 9.74. The molecule has 1 aromatic rings. The maximum absolute atomic E-state index is 5.71. The quantitative estimate of drug-likeness (QED) is 0.819. The molecule has 1 saturated carbocycles. The Kier molecular flexibility index (Phi) is 2.91. The molecule has 0 unspecified atom stereocenters. The third-order valence-electron chi connectivity index (χ3n) is 3.38. The van der Waals surface area contributed by atoms with Crippen molar-refractivity contribution in [3.63, 3.8) is 0 Å². The molecule has 0 aliphatic heterocycles. The van der Waals surface area contributed by atoms with E-state index in [9.17, 15) is 0 Å². The standard InChI is InChI=1S/C12H17BrN2/c1-2-12(6-3-7-12)15-11-5-4-9(14)8-10(11)13/h4-5,8,15H,2-3,6-7,14H2,1H3. The molecule has 1 aliphatic carbocycles. The minimum Gasteiger partial charge on any atom is -0.399 e. The average molecular weight is 269 g/mol. The maximum atomic E-state index is 5.71. The van der Waals surface area contributed by atoms with E-state index >= 15 is 0 Å². The molecule has 0 aromatic heterocycles. The zero-order valence-electron chi connectivity index (χ0n) is 9.02. The molecule has 0 heterocycles. The number of rotatable bonds is 3. The fourth-order valence-corrected chi connectivity index (χ4v) is 2.58. The van der Waals surface area contributed by atoms with Crippen molar-refractivity contribution in [1.29, 1.82) is 0 Å². The number of nitrogen functional groups attached to an aromatic ring is 1. The summed E-state index contributed by atoms with van der Waals surface area (Å²) in [7, 11) is 0. The molecular formula is C12H17BrN2. The lowest BCUT2D eigenvalue weighted by Crippen LogP contribution is -2.44. The van der Waals surface area contributed by atoms with Gasteiger partial charge in [0, 0.05) is 21.4 Å². The molecule has 82 valence electrons. The molecular weight excluding hydrogens is 252 g/mol. The summed E-state index contributed by atoms with van der Waals surface area (Å²) in [6, 6.07) is 5.94. The third kappa shape index (κ3) is 2.12. The van der Waals surface area contributed by atoms with Gasteiger partial charge in [-0.15, -0.1) is 0 Å². The van der Waals surface area contributed by atoms with Gasteiger partial charge in [0.25, 0.3) is 0 Å². The highest BCUT2D eigenvalue weighted by Crippen LogP contribution is 2.39. The highest BCUT2D eigenvalue weighted by Gasteiger charge is 2.35. The van der Waals surface area contributed by atoms with Crippen LogP contribution in [0.15, 0.2) is 22.7 Å². The van der Waals surface area contributed by atoms with E-state index in [4.69, 9.17) is 5.73 Å². The van der Waals surface area contributed by atoms with Crippen LogP contribution < -0.4 is 11.1 Å². The highest BCUT2D eigenvalue weighted by atomic mass is 79.9. The van der Waals surface area contributed by atoms with E-state index in [1.807, 2.05) is 12.1 Å². The van der Waals surface area contributed by atoms with Crippen LogP contribution in [0.3, 0.4) is 0 Å². The van der Waals surface area contributed by atoms with E-state index in [-0.39, 0.29) is 0 Å². The summed E-state index contributed by atoms with van der Waals surface area (Å²) in [5.41, 5.74) is 8.00. The van der Waals surface area contributed by atoms with E-state index in [0.717, 1.165) is 15.8 Å². The number of nitrogens with two attached hydrogens (primary N) is 1. The SMILES string of the molecule is CCC1(Nc2ccc(N)cc2Br)CCC1. The van der Waals surface area contributed by atoms with Crippen molar-refractivity contribution in [2.75, 3.05) is 11.1 Å². The van der Waals surface area contributed by atoms with Gasteiger partial charge in [-0.25, -0.2) is 0 Å². The van der Waals surface area contributed by atoms with Crippen molar-refractivity contribution in [2.24, 2.45) is 0 Å². The minimum atomic E-state index is 0.332. The van der Waals surface area contributed by atoms with Crippen LogP contribution in [0.5, 0.6) is 0 Å². The molecule has 2 rings (SSSR count). The Hall–Kier alpha value is -0.700. The molecule has 0 saturated heterocycles. The van der Waals surface area contributed by atoms with E-state index in [1.54, 1.807) is 0 Å². The smallest absolute Gasteiger partial charge is 0.0490 e. The minimum absolute atomic E-state index is 0.332. The van der Waals surface area contributed by atoms with Gasteiger partial charge in [0.2, 0.25) is 0 Å². The van der Waals surface area contributed by atoms with Gasteiger partial charge in [-0.05, 0) is 59.8 Å². The van der Waals surface area contributed by atoms with Gasteiger partial charge < -0.3 is 11.1 Å². The van der Waals surface area contributed by atoms with Crippen molar-refractivity contribution >= 4 is 27.3 Å². The largest absolute Gasteiger partial charge is 0.399 e. The molecule has 0 amide bonds. The Bertz CT molecular complexity index is 353. The summed E-state index contributed by atoms with van der Waals surface area (Å²) >= 11 is 3.54. The van der Waals surface area contributed by atoms with Crippen molar-refractivity contribution in [2.45, 2.75) is 38.1 Å². The number of anilines is 2. The first-order chi connectivity index (χ1) is 7.15. The molecule has 0 spiro atoms. The first-order valence-electron chi connectivity index (χ1n) is 5.48. The number of nitrogens with one attached hydrogen (secondary N) is 1. The zero-order valence-corrected chi connectivity index (χ0v) is 10.6. The molecule has 0 bridgehead atoms. The Morgan fingerprint density at radius 3 is 2.67 bits per heavy atom. The van der Waals surface area contributed by atoms with Crippen LogP contribution in [-0.2, 0) is 0 Å². The third-order valence-corrected chi connectivity index (χ3v) is 4.04. The fourth-order valence-electron chi connectivity index (χ4n) is 2.09. The molecule has 3 N–H and O–H groups in total. The Morgan fingerprint density at radius 2 is 2.20 bits per heavy atom. The lowest BCUT2D eigenvalue weighted by Gasteiger charge is -2.43. The average Bonchev–Trinajstić information content (AvgIpc) is 2.14. The van der Waals surface area contributed by atoms with E-state index in [0.29, 0.717) is 5.54 Å². The molecule has 0 radical (unpaired) electrons. The Labute approximate surface area is 99.4 Å². The molecule has 1 aromatic carbocycles. The van der Waals surface area contributed by atoms with Crippen LogP contribution in [0.1, 0.15) is 32.6 Å². The van der Waals surface area contributed by atoms with Gasteiger partial charge in [-0.2, -0.15) is 0 Å². The maximum Gasteiger partial charge on any atom is 0.0490 e. The van der Waals surface area contributed by atoms with Gasteiger partial charge in [0.15, 0.2) is 0 Å². The number of halogens is 1. The highest BCUT2D eigenvalue weighted by molar-refractivity contribution is 9.10. The van der Waals surface area contributed by atoms with Gasteiger partial charge in [-0.3, -0.25) is 0 Å². The van der Waals surface area contributed by atoms with Crippen LogP contribution in [0.25, 0.3) is 0 Å². The van der Waals surface area contributed by atoms with E-state index in [2.05, 4.69) is 34.2 Å². The molecule has 15 heavy (non-hydrogen) atoms. The molecule has 2 nitrogen and oxygen atoms in total. The second-order valence-corrected chi connectivity index (χ2v) is 5.21. The number of hydrogen-bond acceptors (Lipinski definition) is 2.